The molecule has 0 amide bonds. The molecule has 0 saturated heterocycles. The van der Waals surface area contributed by atoms with Gasteiger partial charge >= 0.3 is 0 Å². The maximum atomic E-state index is 12.1. The van der Waals surface area contributed by atoms with E-state index in [0.29, 0.717) is 23.8 Å². The van der Waals surface area contributed by atoms with Crippen molar-refractivity contribution in [3.05, 3.63) is 17.0 Å². The summed E-state index contributed by atoms with van der Waals surface area (Å²) in [6, 6.07) is 3.54. The van der Waals surface area contributed by atoms with E-state index in [1.807, 2.05) is 13.0 Å². The van der Waals surface area contributed by atoms with Crippen LogP contribution < -0.4 is 10.0 Å². The predicted octanol–water partition coefficient (Wildman–Crippen LogP) is 2.34. The summed E-state index contributed by atoms with van der Waals surface area (Å²) in [6.07, 6.45) is 2.74. The fraction of sp³-hybridized carbons (Fsp3) is 0.714. The summed E-state index contributed by atoms with van der Waals surface area (Å²) in [5, 5.41) is 3.27. The van der Waals surface area contributed by atoms with Gasteiger partial charge in [-0.25, -0.2) is 13.1 Å². The van der Waals surface area contributed by atoms with Gasteiger partial charge in [0.05, 0.1) is 0 Å². The molecule has 7 heteroatoms. The normalized spacial score (nSPS) is 11.9. The van der Waals surface area contributed by atoms with E-state index in [1.54, 1.807) is 6.07 Å². The number of hydrogen-bond acceptors (Lipinski definition) is 5. The van der Waals surface area contributed by atoms with Gasteiger partial charge in [0, 0.05) is 31.2 Å². The highest BCUT2D eigenvalue weighted by molar-refractivity contribution is 7.91. The Morgan fingerprint density at radius 3 is 2.67 bits per heavy atom. The van der Waals surface area contributed by atoms with Crippen molar-refractivity contribution in [1.29, 1.82) is 0 Å². The van der Waals surface area contributed by atoms with Gasteiger partial charge in [-0.15, -0.1) is 11.3 Å². The first-order valence-electron chi connectivity index (χ1n) is 7.47. The van der Waals surface area contributed by atoms with Gasteiger partial charge in [-0.2, -0.15) is 0 Å². The molecule has 0 fully saturated rings. The van der Waals surface area contributed by atoms with Gasteiger partial charge in [-0.1, -0.05) is 13.8 Å². The molecule has 1 heterocycles. The Kier molecular flexibility index (Phi) is 9.10. The molecular weight excluding hydrogens is 308 g/mol. The Morgan fingerprint density at radius 2 is 1.95 bits per heavy atom. The summed E-state index contributed by atoms with van der Waals surface area (Å²) >= 11 is 1.32. The van der Waals surface area contributed by atoms with Gasteiger partial charge in [0.15, 0.2) is 0 Å². The summed E-state index contributed by atoms with van der Waals surface area (Å²) in [6.45, 7) is 7.54. The van der Waals surface area contributed by atoms with Gasteiger partial charge in [-0.3, -0.25) is 0 Å². The first-order valence-corrected chi connectivity index (χ1v) is 9.77. The molecule has 5 nitrogen and oxygen atoms in total. The molecule has 1 rings (SSSR count). The van der Waals surface area contributed by atoms with Crippen LogP contribution in [0, 0.1) is 0 Å². The summed E-state index contributed by atoms with van der Waals surface area (Å²) in [5.74, 6) is 0. The van der Waals surface area contributed by atoms with Crippen LogP contribution in [0.3, 0.4) is 0 Å². The number of rotatable bonds is 12. The van der Waals surface area contributed by atoms with Crippen molar-refractivity contribution < 1.29 is 13.2 Å². The SMILES string of the molecule is CCCNCc1ccc(S(=O)(=O)NCCCOCCC)s1. The zero-order chi connectivity index (χ0) is 15.6. The van der Waals surface area contributed by atoms with Crippen molar-refractivity contribution in [3.8, 4) is 0 Å². The molecule has 122 valence electrons. The van der Waals surface area contributed by atoms with E-state index in [2.05, 4.69) is 17.0 Å². The van der Waals surface area contributed by atoms with E-state index in [-0.39, 0.29) is 0 Å². The molecule has 1 aromatic rings. The van der Waals surface area contributed by atoms with Gasteiger partial charge < -0.3 is 10.1 Å². The number of ether oxygens (including phenoxy) is 1. The van der Waals surface area contributed by atoms with Gasteiger partial charge in [0.25, 0.3) is 0 Å². The summed E-state index contributed by atoms with van der Waals surface area (Å²) < 4.78 is 32.5. The third kappa shape index (κ3) is 7.37. The fourth-order valence-electron chi connectivity index (χ4n) is 1.68. The molecule has 0 aliphatic heterocycles. The van der Waals surface area contributed by atoms with E-state index in [9.17, 15) is 8.42 Å². The van der Waals surface area contributed by atoms with Crippen LogP contribution in [0.15, 0.2) is 16.3 Å². The van der Waals surface area contributed by atoms with Crippen molar-refractivity contribution in [3.63, 3.8) is 0 Å². The van der Waals surface area contributed by atoms with E-state index in [1.165, 1.54) is 11.3 Å². The van der Waals surface area contributed by atoms with E-state index in [4.69, 9.17) is 4.74 Å². The monoisotopic (exact) mass is 334 g/mol. The maximum Gasteiger partial charge on any atom is 0.250 e. The minimum absolute atomic E-state index is 0.380. The molecule has 0 bridgehead atoms. The van der Waals surface area contributed by atoms with Crippen LogP contribution in [0.25, 0.3) is 0 Å². The lowest BCUT2D eigenvalue weighted by Crippen LogP contribution is -2.24. The zero-order valence-electron chi connectivity index (χ0n) is 12.9. The number of thiophene rings is 1. The lowest BCUT2D eigenvalue weighted by atomic mass is 10.4. The summed E-state index contributed by atoms with van der Waals surface area (Å²) in [4.78, 5) is 1.04. The molecule has 0 spiro atoms. The molecule has 0 atom stereocenters. The van der Waals surface area contributed by atoms with Crippen molar-refractivity contribution in [2.75, 3.05) is 26.3 Å². The molecular formula is C14H26N2O3S2. The van der Waals surface area contributed by atoms with Crippen LogP contribution in [-0.2, 0) is 21.3 Å². The topological polar surface area (TPSA) is 67.4 Å². The standard InChI is InChI=1S/C14H26N2O3S2/c1-3-8-15-12-13-6-7-14(20-13)21(17,18)16-9-5-11-19-10-4-2/h6-7,15-16H,3-5,8-12H2,1-2H3. The second-order valence-corrected chi connectivity index (χ2v) is 7.92. The molecule has 0 saturated carbocycles. The largest absolute Gasteiger partial charge is 0.381 e. The fourth-order valence-corrected chi connectivity index (χ4v) is 4.13. The third-order valence-electron chi connectivity index (χ3n) is 2.73. The predicted molar refractivity (Wildman–Crippen MR) is 87.2 cm³/mol. The van der Waals surface area contributed by atoms with E-state index >= 15 is 0 Å². The summed E-state index contributed by atoms with van der Waals surface area (Å²) in [7, 11) is -3.38. The molecule has 0 unspecified atom stereocenters. The van der Waals surface area contributed by atoms with Crippen LogP contribution in [0.1, 0.15) is 38.0 Å². The Balaban J connectivity index is 2.36. The van der Waals surface area contributed by atoms with Crippen molar-refractivity contribution >= 4 is 21.4 Å². The highest BCUT2D eigenvalue weighted by atomic mass is 32.2. The number of sulfonamides is 1. The first-order chi connectivity index (χ1) is 10.1. The lowest BCUT2D eigenvalue weighted by molar-refractivity contribution is 0.133. The second kappa shape index (κ2) is 10.3. The van der Waals surface area contributed by atoms with E-state index < -0.39 is 10.0 Å². The Morgan fingerprint density at radius 1 is 1.14 bits per heavy atom. The minimum atomic E-state index is -3.38. The average molecular weight is 335 g/mol. The third-order valence-corrected chi connectivity index (χ3v) is 5.77. The van der Waals surface area contributed by atoms with Crippen molar-refractivity contribution in [1.82, 2.24) is 10.0 Å². The van der Waals surface area contributed by atoms with Crippen LogP contribution >= 0.6 is 11.3 Å². The molecule has 1 aromatic heterocycles. The molecule has 0 radical (unpaired) electrons. The first kappa shape index (κ1) is 18.6. The average Bonchev–Trinajstić information content (AvgIpc) is 2.93. The Bertz CT molecular complexity index is 486. The number of hydrogen-bond donors (Lipinski definition) is 2. The summed E-state index contributed by atoms with van der Waals surface area (Å²) in [5.41, 5.74) is 0. The zero-order valence-corrected chi connectivity index (χ0v) is 14.5. The highest BCUT2D eigenvalue weighted by Gasteiger charge is 2.15. The minimum Gasteiger partial charge on any atom is -0.381 e. The van der Waals surface area contributed by atoms with Gasteiger partial charge in [-0.05, 0) is 37.9 Å². The molecule has 21 heavy (non-hydrogen) atoms. The second-order valence-electron chi connectivity index (χ2n) is 4.76. The smallest absolute Gasteiger partial charge is 0.250 e. The number of nitrogens with one attached hydrogen (secondary N) is 2. The van der Waals surface area contributed by atoms with Crippen molar-refractivity contribution in [2.24, 2.45) is 0 Å². The van der Waals surface area contributed by atoms with Crippen LogP contribution in [0.2, 0.25) is 0 Å². The molecule has 0 aliphatic rings. The van der Waals surface area contributed by atoms with Crippen LogP contribution in [0.4, 0.5) is 0 Å². The van der Waals surface area contributed by atoms with Crippen LogP contribution in [0.5, 0.6) is 0 Å². The Hall–Kier alpha value is -0.470. The van der Waals surface area contributed by atoms with E-state index in [0.717, 1.165) is 37.4 Å². The molecule has 2 N–H and O–H groups in total. The van der Waals surface area contributed by atoms with Crippen molar-refractivity contribution in [2.45, 2.75) is 43.9 Å². The Labute approximate surface area is 132 Å². The quantitative estimate of drug-likeness (QED) is 0.576. The molecule has 0 aliphatic carbocycles. The lowest BCUT2D eigenvalue weighted by Gasteiger charge is -2.05. The highest BCUT2D eigenvalue weighted by Crippen LogP contribution is 2.21. The van der Waals surface area contributed by atoms with Gasteiger partial charge in [0.2, 0.25) is 10.0 Å². The van der Waals surface area contributed by atoms with Crippen LogP contribution in [-0.4, -0.2) is 34.7 Å². The molecule has 0 aromatic carbocycles. The van der Waals surface area contributed by atoms with Gasteiger partial charge in [0.1, 0.15) is 4.21 Å². The maximum absolute atomic E-state index is 12.1.